The van der Waals surface area contributed by atoms with Crippen molar-refractivity contribution in [2.75, 3.05) is 19.6 Å². The van der Waals surface area contributed by atoms with E-state index >= 15 is 0 Å². The van der Waals surface area contributed by atoms with Gasteiger partial charge >= 0.3 is 0 Å². The highest BCUT2D eigenvalue weighted by Gasteiger charge is 2.40. The topological polar surface area (TPSA) is 57.7 Å². The van der Waals surface area contributed by atoms with Crippen molar-refractivity contribution in [1.29, 1.82) is 0 Å². The molecule has 0 saturated carbocycles. The van der Waals surface area contributed by atoms with Crippen LogP contribution in [0.25, 0.3) is 0 Å². The number of hydrogen-bond acceptors (Lipinski definition) is 3. The molecule has 1 aromatic carbocycles. The highest BCUT2D eigenvalue weighted by atomic mass is 32.2. The fraction of sp³-hybridized carbons (Fsp3) is 0.588. The van der Waals surface area contributed by atoms with Crippen LogP contribution in [0, 0.1) is 5.92 Å². The molecule has 0 N–H and O–H groups in total. The van der Waals surface area contributed by atoms with Crippen molar-refractivity contribution < 1.29 is 13.2 Å². The second-order valence-electron chi connectivity index (χ2n) is 6.51. The lowest BCUT2D eigenvalue weighted by Gasteiger charge is -2.41. The molecule has 126 valence electrons. The van der Waals surface area contributed by atoms with Gasteiger partial charge in [0, 0.05) is 32.6 Å². The quantitative estimate of drug-likeness (QED) is 0.831. The van der Waals surface area contributed by atoms with Gasteiger partial charge in [0.25, 0.3) is 0 Å². The summed E-state index contributed by atoms with van der Waals surface area (Å²) in [6.45, 7) is 3.51. The molecule has 23 heavy (non-hydrogen) atoms. The van der Waals surface area contributed by atoms with Gasteiger partial charge in [-0.1, -0.05) is 24.6 Å². The third kappa shape index (κ3) is 3.28. The maximum absolute atomic E-state index is 13.1. The lowest BCUT2D eigenvalue weighted by Crippen LogP contribution is -2.52. The maximum Gasteiger partial charge on any atom is 0.243 e. The summed E-state index contributed by atoms with van der Waals surface area (Å²) in [5, 5.41) is 0. The van der Waals surface area contributed by atoms with Crippen LogP contribution in [0.15, 0.2) is 35.2 Å². The largest absolute Gasteiger partial charge is 0.343 e. The second-order valence-corrected chi connectivity index (χ2v) is 8.40. The molecule has 2 saturated heterocycles. The molecule has 2 fully saturated rings. The molecule has 6 heteroatoms. The molecule has 2 aliphatic heterocycles. The van der Waals surface area contributed by atoms with Crippen molar-refractivity contribution in [3.8, 4) is 0 Å². The van der Waals surface area contributed by atoms with Gasteiger partial charge in [0.1, 0.15) is 0 Å². The number of nitrogens with zero attached hydrogens (tertiary/aromatic N) is 2. The molecule has 0 unspecified atom stereocenters. The van der Waals surface area contributed by atoms with Crippen LogP contribution in [-0.2, 0) is 14.8 Å². The Labute approximate surface area is 138 Å². The Morgan fingerprint density at radius 1 is 1.09 bits per heavy atom. The van der Waals surface area contributed by atoms with E-state index in [0.717, 1.165) is 25.7 Å². The van der Waals surface area contributed by atoms with Gasteiger partial charge in [0.15, 0.2) is 0 Å². The Hall–Kier alpha value is -1.40. The van der Waals surface area contributed by atoms with E-state index in [0.29, 0.717) is 24.5 Å². The molecule has 1 aromatic rings. The smallest absolute Gasteiger partial charge is 0.243 e. The Morgan fingerprint density at radius 3 is 2.52 bits per heavy atom. The maximum atomic E-state index is 13.1. The zero-order valence-electron chi connectivity index (χ0n) is 13.5. The SMILES string of the molecule is CC(=O)N1CC[C@@H]2[C@@H](CCCCN2S(=O)(=O)c2ccccc2)C1. The van der Waals surface area contributed by atoms with E-state index in [1.807, 2.05) is 11.0 Å². The monoisotopic (exact) mass is 336 g/mol. The zero-order valence-corrected chi connectivity index (χ0v) is 14.3. The third-order valence-electron chi connectivity index (χ3n) is 5.06. The second kappa shape index (κ2) is 6.61. The first-order valence-electron chi connectivity index (χ1n) is 8.32. The Bertz CT molecular complexity index is 660. The number of carbonyl (C=O) groups is 1. The van der Waals surface area contributed by atoms with Crippen molar-refractivity contribution >= 4 is 15.9 Å². The number of benzene rings is 1. The summed E-state index contributed by atoms with van der Waals surface area (Å²) in [6.07, 6.45) is 3.64. The van der Waals surface area contributed by atoms with E-state index in [1.54, 1.807) is 35.5 Å². The molecule has 0 aliphatic carbocycles. The summed E-state index contributed by atoms with van der Waals surface area (Å²) in [7, 11) is -3.46. The van der Waals surface area contributed by atoms with Crippen molar-refractivity contribution in [3.05, 3.63) is 30.3 Å². The lowest BCUT2D eigenvalue weighted by molar-refractivity contribution is -0.131. The van der Waals surface area contributed by atoms with Crippen LogP contribution in [0.2, 0.25) is 0 Å². The van der Waals surface area contributed by atoms with Gasteiger partial charge in [-0.15, -0.1) is 0 Å². The number of fused-ring (bicyclic) bond motifs is 1. The summed E-state index contributed by atoms with van der Waals surface area (Å²) < 4.78 is 27.8. The summed E-state index contributed by atoms with van der Waals surface area (Å²) in [5.74, 6) is 0.332. The average Bonchev–Trinajstić information content (AvgIpc) is 2.77. The molecule has 0 radical (unpaired) electrons. The van der Waals surface area contributed by atoms with Crippen LogP contribution >= 0.6 is 0 Å². The van der Waals surface area contributed by atoms with Gasteiger partial charge in [0.05, 0.1) is 4.90 Å². The molecule has 2 aliphatic rings. The van der Waals surface area contributed by atoms with E-state index in [4.69, 9.17) is 0 Å². The molecule has 2 atom stereocenters. The van der Waals surface area contributed by atoms with Crippen LogP contribution in [0.1, 0.15) is 32.6 Å². The fourth-order valence-corrected chi connectivity index (χ4v) is 5.61. The van der Waals surface area contributed by atoms with Crippen molar-refractivity contribution in [2.45, 2.75) is 43.5 Å². The van der Waals surface area contributed by atoms with E-state index in [9.17, 15) is 13.2 Å². The van der Waals surface area contributed by atoms with Crippen molar-refractivity contribution in [2.24, 2.45) is 5.92 Å². The number of hydrogen-bond donors (Lipinski definition) is 0. The first-order chi connectivity index (χ1) is 11.0. The first kappa shape index (κ1) is 16.5. The first-order valence-corrected chi connectivity index (χ1v) is 9.76. The molecule has 5 nitrogen and oxygen atoms in total. The van der Waals surface area contributed by atoms with Gasteiger partial charge in [-0.3, -0.25) is 4.79 Å². The van der Waals surface area contributed by atoms with E-state index < -0.39 is 10.0 Å². The van der Waals surface area contributed by atoms with Crippen LogP contribution in [0.3, 0.4) is 0 Å². The summed E-state index contributed by atoms with van der Waals surface area (Å²) in [6, 6.07) is 8.70. The highest BCUT2D eigenvalue weighted by molar-refractivity contribution is 7.89. The van der Waals surface area contributed by atoms with E-state index in [1.165, 1.54) is 0 Å². The van der Waals surface area contributed by atoms with Crippen LogP contribution in [0.5, 0.6) is 0 Å². The number of piperidine rings is 1. The zero-order chi connectivity index (χ0) is 16.4. The molecule has 1 amide bonds. The number of rotatable bonds is 2. The Balaban J connectivity index is 1.88. The minimum atomic E-state index is -3.46. The molecule has 0 spiro atoms. The van der Waals surface area contributed by atoms with Crippen LogP contribution in [0.4, 0.5) is 0 Å². The lowest BCUT2D eigenvalue weighted by atomic mass is 9.89. The fourth-order valence-electron chi connectivity index (χ4n) is 3.83. The third-order valence-corrected chi connectivity index (χ3v) is 7.00. The predicted molar refractivity (Wildman–Crippen MR) is 88.3 cm³/mol. The van der Waals surface area contributed by atoms with Gasteiger partial charge in [-0.2, -0.15) is 4.31 Å². The molecule has 3 rings (SSSR count). The number of likely N-dealkylation sites (tertiary alicyclic amines) is 1. The summed E-state index contributed by atoms with van der Waals surface area (Å²) >= 11 is 0. The van der Waals surface area contributed by atoms with Gasteiger partial charge in [-0.05, 0) is 37.3 Å². The molecular formula is C17H24N2O3S. The van der Waals surface area contributed by atoms with Gasteiger partial charge in [-0.25, -0.2) is 8.42 Å². The van der Waals surface area contributed by atoms with Crippen LogP contribution in [-0.4, -0.2) is 49.2 Å². The average molecular weight is 336 g/mol. The molecule has 0 aromatic heterocycles. The van der Waals surface area contributed by atoms with E-state index in [2.05, 4.69) is 0 Å². The molecule has 2 heterocycles. The molecular weight excluding hydrogens is 312 g/mol. The minimum absolute atomic E-state index is 0.0123. The van der Waals surface area contributed by atoms with Crippen LogP contribution < -0.4 is 0 Å². The summed E-state index contributed by atoms with van der Waals surface area (Å²) in [5.41, 5.74) is 0. The Kier molecular flexibility index (Phi) is 4.73. The van der Waals surface area contributed by atoms with Gasteiger partial charge in [0.2, 0.25) is 15.9 Å². The standard InChI is InChI=1S/C17H24N2O3S/c1-14(20)18-12-10-17-15(13-18)7-5-6-11-19(17)23(21,22)16-8-3-2-4-9-16/h2-4,8-9,15,17H,5-7,10-13H2,1H3/t15-,17+/m0/s1. The van der Waals surface area contributed by atoms with E-state index in [-0.39, 0.29) is 17.9 Å². The number of sulfonamides is 1. The van der Waals surface area contributed by atoms with Gasteiger partial charge < -0.3 is 4.90 Å². The predicted octanol–water partition coefficient (Wildman–Crippen LogP) is 2.10. The number of amides is 1. The van der Waals surface area contributed by atoms with Crippen molar-refractivity contribution in [3.63, 3.8) is 0 Å². The summed E-state index contributed by atoms with van der Waals surface area (Å²) in [4.78, 5) is 13.9. The highest BCUT2D eigenvalue weighted by Crippen LogP contribution is 2.33. The Morgan fingerprint density at radius 2 is 1.83 bits per heavy atom. The molecule has 0 bridgehead atoms. The normalized spacial score (nSPS) is 26.4. The van der Waals surface area contributed by atoms with Crippen molar-refractivity contribution in [1.82, 2.24) is 9.21 Å². The number of carbonyl (C=O) groups excluding carboxylic acids is 1. The minimum Gasteiger partial charge on any atom is -0.343 e.